The highest BCUT2D eigenvalue weighted by Crippen LogP contribution is 2.29. The largest absolute Gasteiger partial charge is 0.507 e. The van der Waals surface area contributed by atoms with Crippen LogP contribution < -0.4 is 0 Å². The third-order valence-electron chi connectivity index (χ3n) is 2.64. The highest BCUT2D eigenvalue weighted by Gasteiger charge is 2.34. The number of aromatic amines is 1. The van der Waals surface area contributed by atoms with Gasteiger partial charge >= 0.3 is 6.18 Å². The number of nitrogens with zero attached hydrogens (tertiary/aromatic N) is 1. The molecule has 0 radical (unpaired) electrons. The van der Waals surface area contributed by atoms with Gasteiger partial charge in [-0.1, -0.05) is 0 Å². The van der Waals surface area contributed by atoms with Crippen LogP contribution in [0.25, 0.3) is 0 Å². The maximum Gasteiger partial charge on any atom is 0.432 e. The standard InChI is InChI=1S/C12H8F4N2O2/c1-5-2-6(9(19)3-7(5)13)11(20)8-4-10(18-17-8)12(14,15)16/h2-4,19H,1H3,(H,17,18). The van der Waals surface area contributed by atoms with E-state index in [1.807, 2.05) is 0 Å². The molecule has 0 fully saturated rings. The molecule has 0 saturated heterocycles. The number of alkyl halides is 3. The summed E-state index contributed by atoms with van der Waals surface area (Å²) in [4.78, 5) is 11.9. The highest BCUT2D eigenvalue weighted by atomic mass is 19.4. The van der Waals surface area contributed by atoms with Gasteiger partial charge in [0.15, 0.2) is 0 Å². The summed E-state index contributed by atoms with van der Waals surface area (Å²) in [6, 6.07) is 2.30. The molecule has 1 aromatic carbocycles. The first-order valence-electron chi connectivity index (χ1n) is 5.36. The highest BCUT2D eigenvalue weighted by molar-refractivity contribution is 6.09. The number of H-pyrrole nitrogens is 1. The summed E-state index contributed by atoms with van der Waals surface area (Å²) in [6.07, 6.45) is -4.66. The van der Waals surface area contributed by atoms with Crippen LogP contribution in [-0.4, -0.2) is 21.1 Å². The van der Waals surface area contributed by atoms with E-state index in [9.17, 15) is 27.5 Å². The number of ketones is 1. The van der Waals surface area contributed by atoms with E-state index < -0.39 is 34.9 Å². The van der Waals surface area contributed by atoms with Gasteiger partial charge in [-0.25, -0.2) is 4.39 Å². The topological polar surface area (TPSA) is 66.0 Å². The Balaban J connectivity index is 2.42. The molecule has 106 valence electrons. The fourth-order valence-corrected chi connectivity index (χ4v) is 1.57. The molecule has 2 rings (SSSR count). The first-order valence-corrected chi connectivity index (χ1v) is 5.36. The Labute approximate surface area is 110 Å². The SMILES string of the molecule is Cc1cc(C(=O)c2cc(C(F)(F)F)[nH]n2)c(O)cc1F. The Morgan fingerprint density at radius 2 is 1.95 bits per heavy atom. The van der Waals surface area contributed by atoms with E-state index in [0.717, 1.165) is 12.1 Å². The van der Waals surface area contributed by atoms with Crippen molar-refractivity contribution in [1.82, 2.24) is 10.2 Å². The Kier molecular flexibility index (Phi) is 3.24. The molecule has 8 heteroatoms. The summed E-state index contributed by atoms with van der Waals surface area (Å²) in [5, 5.41) is 14.4. The molecule has 0 aliphatic carbocycles. The maximum absolute atomic E-state index is 13.1. The lowest BCUT2D eigenvalue weighted by atomic mass is 10.0. The van der Waals surface area contributed by atoms with Crippen molar-refractivity contribution < 1.29 is 27.5 Å². The minimum atomic E-state index is -4.66. The maximum atomic E-state index is 13.1. The number of phenols is 1. The average Bonchev–Trinajstić information content (AvgIpc) is 2.82. The van der Waals surface area contributed by atoms with E-state index in [-0.39, 0.29) is 11.1 Å². The molecule has 4 nitrogen and oxygen atoms in total. The van der Waals surface area contributed by atoms with Gasteiger partial charge in [-0.3, -0.25) is 9.89 Å². The Morgan fingerprint density at radius 1 is 1.30 bits per heavy atom. The minimum Gasteiger partial charge on any atom is -0.507 e. The van der Waals surface area contributed by atoms with E-state index in [1.54, 1.807) is 5.10 Å². The van der Waals surface area contributed by atoms with Crippen molar-refractivity contribution in [3.05, 3.63) is 46.5 Å². The lowest BCUT2D eigenvalue weighted by Crippen LogP contribution is -2.05. The molecule has 0 spiro atoms. The Morgan fingerprint density at radius 3 is 2.50 bits per heavy atom. The van der Waals surface area contributed by atoms with Gasteiger partial charge in [-0.2, -0.15) is 18.3 Å². The van der Waals surface area contributed by atoms with Crippen molar-refractivity contribution in [3.63, 3.8) is 0 Å². The fraction of sp³-hybridized carbons (Fsp3) is 0.167. The summed E-state index contributed by atoms with van der Waals surface area (Å²) in [7, 11) is 0. The number of halogens is 4. The van der Waals surface area contributed by atoms with Crippen LogP contribution in [0.5, 0.6) is 5.75 Å². The zero-order chi connectivity index (χ0) is 15.1. The predicted molar refractivity (Wildman–Crippen MR) is 59.8 cm³/mol. The molecule has 0 bridgehead atoms. The fourth-order valence-electron chi connectivity index (χ4n) is 1.57. The number of nitrogens with one attached hydrogen (secondary N) is 1. The molecule has 1 aromatic heterocycles. The van der Waals surface area contributed by atoms with Crippen LogP contribution >= 0.6 is 0 Å². The minimum absolute atomic E-state index is 0.0812. The van der Waals surface area contributed by atoms with Crippen molar-refractivity contribution in [2.45, 2.75) is 13.1 Å². The first kappa shape index (κ1) is 14.0. The quantitative estimate of drug-likeness (QED) is 0.659. The molecule has 0 saturated carbocycles. The number of hydrogen-bond acceptors (Lipinski definition) is 3. The summed E-state index contributed by atoms with van der Waals surface area (Å²) >= 11 is 0. The molecule has 2 aromatic rings. The van der Waals surface area contributed by atoms with Gasteiger partial charge in [0, 0.05) is 6.07 Å². The Hall–Kier alpha value is -2.38. The van der Waals surface area contributed by atoms with Crippen LogP contribution in [0.1, 0.15) is 27.3 Å². The van der Waals surface area contributed by atoms with Crippen molar-refractivity contribution in [3.8, 4) is 5.75 Å². The van der Waals surface area contributed by atoms with Crippen LogP contribution in [0.4, 0.5) is 17.6 Å². The number of benzene rings is 1. The van der Waals surface area contributed by atoms with Crippen LogP contribution in [0.15, 0.2) is 18.2 Å². The zero-order valence-corrected chi connectivity index (χ0v) is 10.0. The van der Waals surface area contributed by atoms with Gasteiger partial charge in [0.05, 0.1) is 5.56 Å². The number of aromatic nitrogens is 2. The number of carbonyl (C=O) groups excluding carboxylic acids is 1. The van der Waals surface area contributed by atoms with Crippen molar-refractivity contribution in [2.24, 2.45) is 0 Å². The monoisotopic (exact) mass is 288 g/mol. The van der Waals surface area contributed by atoms with Crippen LogP contribution in [0, 0.1) is 12.7 Å². The first-order chi connectivity index (χ1) is 9.20. The molecule has 0 atom stereocenters. The number of carbonyl (C=O) groups is 1. The number of rotatable bonds is 2. The lowest BCUT2D eigenvalue weighted by molar-refractivity contribution is -0.141. The molecular formula is C12H8F4N2O2. The average molecular weight is 288 g/mol. The van der Waals surface area contributed by atoms with Crippen LogP contribution in [-0.2, 0) is 6.18 Å². The molecule has 0 amide bonds. The third kappa shape index (κ3) is 2.49. The summed E-state index contributed by atoms with van der Waals surface area (Å²) in [6.45, 7) is 1.36. The third-order valence-corrected chi connectivity index (χ3v) is 2.64. The summed E-state index contributed by atoms with van der Waals surface area (Å²) < 4.78 is 50.3. The second kappa shape index (κ2) is 4.62. The van der Waals surface area contributed by atoms with Gasteiger partial charge in [-0.05, 0) is 24.6 Å². The molecular weight excluding hydrogens is 280 g/mol. The number of hydrogen-bond donors (Lipinski definition) is 2. The molecule has 2 N–H and O–H groups in total. The smallest absolute Gasteiger partial charge is 0.432 e. The van der Waals surface area contributed by atoms with Gasteiger partial charge in [-0.15, -0.1) is 0 Å². The van der Waals surface area contributed by atoms with E-state index in [0.29, 0.717) is 6.07 Å². The normalized spacial score (nSPS) is 11.7. The molecule has 0 unspecified atom stereocenters. The predicted octanol–water partition coefficient (Wildman–Crippen LogP) is 2.81. The summed E-state index contributed by atoms with van der Waals surface area (Å²) in [5.74, 6) is -2.32. The zero-order valence-electron chi connectivity index (χ0n) is 10.0. The van der Waals surface area contributed by atoms with E-state index >= 15 is 0 Å². The van der Waals surface area contributed by atoms with Gasteiger partial charge in [0.1, 0.15) is 23.0 Å². The van der Waals surface area contributed by atoms with Gasteiger partial charge in [0.25, 0.3) is 0 Å². The summed E-state index contributed by atoms with van der Waals surface area (Å²) in [5.41, 5.74) is -1.93. The molecule has 0 aliphatic rings. The van der Waals surface area contributed by atoms with Crippen LogP contribution in [0.3, 0.4) is 0 Å². The van der Waals surface area contributed by atoms with E-state index in [4.69, 9.17) is 0 Å². The second-order valence-corrected chi connectivity index (χ2v) is 4.11. The molecule has 20 heavy (non-hydrogen) atoms. The Bertz CT molecular complexity index is 677. The molecule has 1 heterocycles. The number of aryl methyl sites for hydroxylation is 1. The number of aromatic hydroxyl groups is 1. The van der Waals surface area contributed by atoms with Gasteiger partial charge < -0.3 is 5.11 Å². The van der Waals surface area contributed by atoms with E-state index in [2.05, 4.69) is 5.10 Å². The second-order valence-electron chi connectivity index (χ2n) is 4.11. The number of phenolic OH excluding ortho intramolecular Hbond substituents is 1. The lowest BCUT2D eigenvalue weighted by Gasteiger charge is -2.04. The van der Waals surface area contributed by atoms with Crippen molar-refractivity contribution in [1.29, 1.82) is 0 Å². The van der Waals surface area contributed by atoms with Crippen LogP contribution in [0.2, 0.25) is 0 Å². The van der Waals surface area contributed by atoms with Crippen molar-refractivity contribution in [2.75, 3.05) is 0 Å². The van der Waals surface area contributed by atoms with Gasteiger partial charge in [0.2, 0.25) is 5.78 Å². The van der Waals surface area contributed by atoms with E-state index in [1.165, 1.54) is 6.92 Å². The van der Waals surface area contributed by atoms with Crippen molar-refractivity contribution >= 4 is 5.78 Å². The molecule has 0 aliphatic heterocycles.